The van der Waals surface area contributed by atoms with Crippen LogP contribution < -0.4 is 0 Å². The molecule has 0 spiro atoms. The average molecular weight is 330 g/mol. The van der Waals surface area contributed by atoms with Gasteiger partial charge in [-0.15, -0.1) is 0 Å². The number of carboxylic acid groups (broad SMARTS) is 1. The summed E-state index contributed by atoms with van der Waals surface area (Å²) in [5, 5.41) is 18.8. The number of aromatic nitrogens is 1. The molecule has 22 heavy (non-hydrogen) atoms. The Morgan fingerprint density at radius 1 is 1.50 bits per heavy atom. The molecule has 4 N–H and O–H groups in total. The third-order valence-electron chi connectivity index (χ3n) is 2.57. The van der Waals surface area contributed by atoms with Gasteiger partial charge in [0.25, 0.3) is 0 Å². The number of nitrogens with zero attached hydrogens (tertiary/aromatic N) is 2. The highest BCUT2D eigenvalue weighted by molar-refractivity contribution is 7.46. The van der Waals surface area contributed by atoms with Crippen molar-refractivity contribution >= 4 is 20.0 Å². The van der Waals surface area contributed by atoms with Gasteiger partial charge in [-0.05, 0) is 13.8 Å². The van der Waals surface area contributed by atoms with E-state index in [0.717, 1.165) is 6.21 Å². The number of carboxylic acids is 1. The normalized spacial score (nSPS) is 12.8. The van der Waals surface area contributed by atoms with Crippen molar-refractivity contribution in [3.05, 3.63) is 34.8 Å². The van der Waals surface area contributed by atoms with Crippen molar-refractivity contribution in [2.24, 2.45) is 4.99 Å². The van der Waals surface area contributed by atoms with Gasteiger partial charge in [0.1, 0.15) is 11.4 Å². The summed E-state index contributed by atoms with van der Waals surface area (Å²) in [7, 11) is -4.70. The van der Waals surface area contributed by atoms with E-state index in [4.69, 9.17) is 14.9 Å². The van der Waals surface area contributed by atoms with Crippen LogP contribution in [0.25, 0.3) is 0 Å². The SMILES string of the molecule is C/C=C(/N=Cc1c(COP(=O)(O)O)cnc(C)c1O)C(=O)O. The van der Waals surface area contributed by atoms with Crippen molar-refractivity contribution in [1.29, 1.82) is 0 Å². The summed E-state index contributed by atoms with van der Waals surface area (Å²) < 4.78 is 15.1. The molecule has 0 saturated carbocycles. The van der Waals surface area contributed by atoms with Crippen LogP contribution >= 0.6 is 7.82 Å². The molecule has 10 heteroatoms. The lowest BCUT2D eigenvalue weighted by Crippen LogP contribution is -2.02. The number of hydrogen-bond donors (Lipinski definition) is 4. The van der Waals surface area contributed by atoms with E-state index in [1.165, 1.54) is 26.1 Å². The molecule has 0 fully saturated rings. The van der Waals surface area contributed by atoms with Gasteiger partial charge < -0.3 is 20.0 Å². The van der Waals surface area contributed by atoms with Crippen LogP contribution in [0.1, 0.15) is 23.7 Å². The minimum atomic E-state index is -4.70. The van der Waals surface area contributed by atoms with Gasteiger partial charge >= 0.3 is 13.8 Å². The lowest BCUT2D eigenvalue weighted by atomic mass is 10.1. The maximum Gasteiger partial charge on any atom is 0.469 e. The number of pyridine rings is 1. The van der Waals surface area contributed by atoms with Crippen LogP contribution in [0.5, 0.6) is 5.75 Å². The van der Waals surface area contributed by atoms with E-state index in [1.807, 2.05) is 0 Å². The smallest absolute Gasteiger partial charge is 0.469 e. The van der Waals surface area contributed by atoms with Crippen molar-refractivity contribution in [3.8, 4) is 5.75 Å². The first-order valence-electron chi connectivity index (χ1n) is 5.97. The molecule has 1 aromatic heterocycles. The molecule has 1 aromatic rings. The van der Waals surface area contributed by atoms with Gasteiger partial charge in [0.15, 0.2) is 0 Å². The lowest BCUT2D eigenvalue weighted by molar-refractivity contribution is -0.132. The van der Waals surface area contributed by atoms with Crippen molar-refractivity contribution in [3.63, 3.8) is 0 Å². The maximum atomic E-state index is 10.9. The Hall–Kier alpha value is -2.06. The summed E-state index contributed by atoms with van der Waals surface area (Å²) >= 11 is 0. The van der Waals surface area contributed by atoms with Gasteiger partial charge in [-0.2, -0.15) is 0 Å². The summed E-state index contributed by atoms with van der Waals surface area (Å²) in [6.45, 7) is 2.47. The molecule has 1 rings (SSSR count). The van der Waals surface area contributed by atoms with Crippen molar-refractivity contribution in [1.82, 2.24) is 4.98 Å². The van der Waals surface area contributed by atoms with Gasteiger partial charge in [0.05, 0.1) is 12.3 Å². The Balaban J connectivity index is 3.20. The Kier molecular flexibility index (Phi) is 5.95. The third-order valence-corrected chi connectivity index (χ3v) is 3.04. The number of aliphatic imine (C=N–C) groups is 1. The number of phosphoric acid groups is 1. The minimum Gasteiger partial charge on any atom is -0.505 e. The first-order chi connectivity index (χ1) is 10.2. The Morgan fingerprint density at radius 3 is 2.64 bits per heavy atom. The highest BCUT2D eigenvalue weighted by Crippen LogP contribution is 2.37. The molecule has 0 aliphatic heterocycles. The number of allylic oxidation sites excluding steroid dienone is 1. The molecular weight excluding hydrogens is 315 g/mol. The second-order valence-electron chi connectivity index (χ2n) is 4.13. The molecule has 0 atom stereocenters. The highest BCUT2D eigenvalue weighted by Gasteiger charge is 2.17. The Bertz CT molecular complexity index is 678. The number of aryl methyl sites for hydroxylation is 1. The Morgan fingerprint density at radius 2 is 2.14 bits per heavy atom. The largest absolute Gasteiger partial charge is 0.505 e. The Labute approximate surface area is 125 Å². The molecule has 0 amide bonds. The molecule has 0 unspecified atom stereocenters. The first-order valence-corrected chi connectivity index (χ1v) is 7.50. The lowest BCUT2D eigenvalue weighted by Gasteiger charge is -2.10. The van der Waals surface area contributed by atoms with E-state index in [0.29, 0.717) is 0 Å². The topological polar surface area (TPSA) is 150 Å². The molecule has 0 saturated heterocycles. The first kappa shape index (κ1) is 18.0. The second-order valence-corrected chi connectivity index (χ2v) is 5.37. The van der Waals surface area contributed by atoms with Crippen molar-refractivity contribution in [2.45, 2.75) is 20.5 Å². The molecule has 0 aliphatic carbocycles. The van der Waals surface area contributed by atoms with E-state index >= 15 is 0 Å². The predicted octanol–water partition coefficient (Wildman–Crippen LogP) is 1.11. The van der Waals surface area contributed by atoms with Gasteiger partial charge in [0, 0.05) is 23.5 Å². The van der Waals surface area contributed by atoms with Gasteiger partial charge in [-0.3, -0.25) is 9.51 Å². The van der Waals surface area contributed by atoms with Crippen LogP contribution in [0.15, 0.2) is 23.0 Å². The van der Waals surface area contributed by atoms with E-state index in [1.54, 1.807) is 0 Å². The molecule has 0 aliphatic rings. The van der Waals surface area contributed by atoms with Crippen LogP contribution in [0, 0.1) is 6.92 Å². The zero-order valence-electron chi connectivity index (χ0n) is 11.8. The number of rotatable bonds is 6. The fourth-order valence-electron chi connectivity index (χ4n) is 1.45. The quantitative estimate of drug-likeness (QED) is 0.344. The van der Waals surface area contributed by atoms with E-state index in [2.05, 4.69) is 14.5 Å². The van der Waals surface area contributed by atoms with Crippen LogP contribution in [-0.4, -0.2) is 37.2 Å². The van der Waals surface area contributed by atoms with E-state index in [-0.39, 0.29) is 28.3 Å². The standard InChI is InChI=1S/C12H15N2O7P/c1-3-10(12(16)17)14-5-9-8(6-21-22(18,19)20)4-13-7(2)11(9)15/h3-5,15H,6H2,1-2H3,(H,16,17)(H2,18,19,20)/b10-3+,14-5?. The summed E-state index contributed by atoms with van der Waals surface area (Å²) in [5.41, 5.74) is 0.215. The van der Waals surface area contributed by atoms with Crippen LogP contribution in [0.3, 0.4) is 0 Å². The summed E-state index contributed by atoms with van der Waals surface area (Å²) in [4.78, 5) is 35.8. The number of aromatic hydroxyl groups is 1. The van der Waals surface area contributed by atoms with E-state index in [9.17, 15) is 14.5 Å². The minimum absolute atomic E-state index is 0.0709. The molecule has 1 heterocycles. The fraction of sp³-hybridized carbons (Fsp3) is 0.250. The monoisotopic (exact) mass is 330 g/mol. The van der Waals surface area contributed by atoms with Crippen molar-refractivity contribution < 1.29 is 33.9 Å². The van der Waals surface area contributed by atoms with Crippen molar-refractivity contribution in [2.75, 3.05) is 0 Å². The number of hydrogen-bond acceptors (Lipinski definition) is 6. The number of aliphatic carboxylic acids is 1. The van der Waals surface area contributed by atoms with E-state index < -0.39 is 20.4 Å². The second kappa shape index (κ2) is 7.28. The van der Waals surface area contributed by atoms with Crippen LogP contribution in [0.2, 0.25) is 0 Å². The van der Waals surface area contributed by atoms with Crippen LogP contribution in [-0.2, 0) is 20.5 Å². The summed E-state index contributed by atoms with van der Waals surface area (Å²) in [6, 6.07) is 0. The number of carbonyl (C=O) groups is 1. The average Bonchev–Trinajstić information content (AvgIpc) is 2.41. The summed E-state index contributed by atoms with van der Waals surface area (Å²) in [5.74, 6) is -1.53. The maximum absolute atomic E-state index is 10.9. The number of phosphoric ester groups is 1. The predicted molar refractivity (Wildman–Crippen MR) is 76.5 cm³/mol. The fourth-order valence-corrected chi connectivity index (χ4v) is 1.76. The molecule has 0 aromatic carbocycles. The zero-order valence-corrected chi connectivity index (χ0v) is 12.7. The molecule has 0 bridgehead atoms. The van der Waals surface area contributed by atoms with Gasteiger partial charge in [-0.25, -0.2) is 14.4 Å². The summed E-state index contributed by atoms with van der Waals surface area (Å²) in [6.07, 6.45) is 3.59. The highest BCUT2D eigenvalue weighted by atomic mass is 31.2. The van der Waals surface area contributed by atoms with Gasteiger partial charge in [0.2, 0.25) is 0 Å². The molecule has 120 valence electrons. The van der Waals surface area contributed by atoms with Crippen LogP contribution in [0.4, 0.5) is 0 Å². The molecule has 9 nitrogen and oxygen atoms in total. The zero-order chi connectivity index (χ0) is 16.9. The van der Waals surface area contributed by atoms with Gasteiger partial charge in [-0.1, -0.05) is 6.08 Å². The molecule has 0 radical (unpaired) electrons. The third kappa shape index (κ3) is 5.05. The molecular formula is C12H15N2O7P.